The van der Waals surface area contributed by atoms with E-state index in [1.165, 1.54) is 25.0 Å². The van der Waals surface area contributed by atoms with Gasteiger partial charge < -0.3 is 5.32 Å². The van der Waals surface area contributed by atoms with Crippen LogP contribution in [0.3, 0.4) is 0 Å². The maximum atomic E-state index is 13.0. The van der Waals surface area contributed by atoms with Gasteiger partial charge in [-0.25, -0.2) is 14.4 Å². The van der Waals surface area contributed by atoms with E-state index in [2.05, 4.69) is 15.3 Å². The van der Waals surface area contributed by atoms with Crippen molar-refractivity contribution < 1.29 is 4.39 Å². The molecule has 4 heteroatoms. The molecule has 3 rings (SSSR count). The van der Waals surface area contributed by atoms with Gasteiger partial charge in [0.15, 0.2) is 0 Å². The summed E-state index contributed by atoms with van der Waals surface area (Å²) < 4.78 is 13.0. The van der Waals surface area contributed by atoms with E-state index in [0.717, 1.165) is 36.2 Å². The molecule has 1 aromatic carbocycles. The highest BCUT2D eigenvalue weighted by molar-refractivity contribution is 5.77. The largest absolute Gasteiger partial charge is 0.316 e. The molecule has 0 saturated carbocycles. The summed E-state index contributed by atoms with van der Waals surface area (Å²) in [6, 6.07) is 4.64. The number of nitrogens with one attached hydrogen (secondary N) is 1. The standard InChI is InChI=1S/C14H16FN3/c15-12-3-4-13-11(7-12)9-17-14(18-13)6-10-2-1-5-16-8-10/h3-4,7,9-10,16H,1-2,5-6,8H2. The average molecular weight is 245 g/mol. The zero-order valence-electron chi connectivity index (χ0n) is 10.2. The molecule has 18 heavy (non-hydrogen) atoms. The summed E-state index contributed by atoms with van der Waals surface area (Å²) in [5, 5.41) is 4.16. The second kappa shape index (κ2) is 4.98. The highest BCUT2D eigenvalue weighted by atomic mass is 19.1. The van der Waals surface area contributed by atoms with Crippen molar-refractivity contribution in [3.63, 3.8) is 0 Å². The Balaban J connectivity index is 1.82. The van der Waals surface area contributed by atoms with Crippen molar-refractivity contribution in [2.45, 2.75) is 19.3 Å². The molecule has 0 aliphatic carbocycles. The van der Waals surface area contributed by atoms with E-state index in [0.29, 0.717) is 5.92 Å². The Labute approximate surface area is 105 Å². The van der Waals surface area contributed by atoms with E-state index in [1.54, 1.807) is 12.3 Å². The summed E-state index contributed by atoms with van der Waals surface area (Å²) in [6.07, 6.45) is 5.08. The summed E-state index contributed by atoms with van der Waals surface area (Å²) in [7, 11) is 0. The molecule has 1 saturated heterocycles. The predicted molar refractivity (Wildman–Crippen MR) is 68.8 cm³/mol. The van der Waals surface area contributed by atoms with Crippen LogP contribution in [0.5, 0.6) is 0 Å². The van der Waals surface area contributed by atoms with Crippen molar-refractivity contribution in [1.29, 1.82) is 0 Å². The Kier molecular flexibility index (Phi) is 3.19. The van der Waals surface area contributed by atoms with Crippen LogP contribution in [0.2, 0.25) is 0 Å². The van der Waals surface area contributed by atoms with Crippen LogP contribution in [-0.4, -0.2) is 23.1 Å². The van der Waals surface area contributed by atoms with Gasteiger partial charge in [0.2, 0.25) is 0 Å². The van der Waals surface area contributed by atoms with Crippen molar-refractivity contribution in [2.75, 3.05) is 13.1 Å². The molecule has 1 unspecified atom stereocenters. The second-order valence-corrected chi connectivity index (χ2v) is 4.91. The lowest BCUT2D eigenvalue weighted by atomic mass is 9.96. The zero-order chi connectivity index (χ0) is 12.4. The number of fused-ring (bicyclic) bond motifs is 1. The molecule has 1 aromatic heterocycles. The van der Waals surface area contributed by atoms with Crippen LogP contribution >= 0.6 is 0 Å². The summed E-state index contributed by atoms with van der Waals surface area (Å²) in [5.74, 6) is 1.25. The Morgan fingerprint density at radius 3 is 3.17 bits per heavy atom. The number of rotatable bonds is 2. The van der Waals surface area contributed by atoms with Crippen LogP contribution in [-0.2, 0) is 6.42 Å². The molecular formula is C14H16FN3. The Bertz CT molecular complexity index is 550. The molecule has 1 fully saturated rings. The van der Waals surface area contributed by atoms with Gasteiger partial charge in [-0.15, -0.1) is 0 Å². The quantitative estimate of drug-likeness (QED) is 0.882. The summed E-state index contributed by atoms with van der Waals surface area (Å²) in [5.41, 5.74) is 0.824. The number of halogens is 1. The van der Waals surface area contributed by atoms with Crippen LogP contribution < -0.4 is 5.32 Å². The summed E-state index contributed by atoms with van der Waals surface area (Å²) in [6.45, 7) is 2.17. The lowest BCUT2D eigenvalue weighted by Gasteiger charge is -2.21. The predicted octanol–water partition coefficient (Wildman–Crippen LogP) is 2.31. The van der Waals surface area contributed by atoms with Gasteiger partial charge in [-0.3, -0.25) is 0 Å². The van der Waals surface area contributed by atoms with E-state index >= 15 is 0 Å². The van der Waals surface area contributed by atoms with Crippen LogP contribution in [0.4, 0.5) is 4.39 Å². The molecule has 0 bridgehead atoms. The minimum atomic E-state index is -0.240. The first-order valence-corrected chi connectivity index (χ1v) is 6.43. The molecule has 2 heterocycles. The number of nitrogens with zero attached hydrogens (tertiary/aromatic N) is 2. The van der Waals surface area contributed by atoms with Gasteiger partial charge in [-0.2, -0.15) is 0 Å². The van der Waals surface area contributed by atoms with E-state index in [-0.39, 0.29) is 5.82 Å². The fourth-order valence-electron chi connectivity index (χ4n) is 2.50. The number of benzene rings is 1. The molecule has 1 aliphatic heterocycles. The van der Waals surface area contributed by atoms with Crippen molar-refractivity contribution >= 4 is 10.9 Å². The summed E-state index contributed by atoms with van der Waals surface area (Å²) in [4.78, 5) is 8.84. The molecular weight excluding hydrogens is 229 g/mol. The molecule has 1 aliphatic rings. The van der Waals surface area contributed by atoms with E-state index in [1.807, 2.05) is 0 Å². The van der Waals surface area contributed by atoms with E-state index < -0.39 is 0 Å². The Morgan fingerprint density at radius 2 is 2.33 bits per heavy atom. The number of hydrogen-bond donors (Lipinski definition) is 1. The Hall–Kier alpha value is -1.55. The molecule has 2 aromatic rings. The second-order valence-electron chi connectivity index (χ2n) is 4.91. The molecule has 0 radical (unpaired) electrons. The molecule has 0 spiro atoms. The Morgan fingerprint density at radius 1 is 1.39 bits per heavy atom. The van der Waals surface area contributed by atoms with Crippen molar-refractivity contribution in [3.8, 4) is 0 Å². The third kappa shape index (κ3) is 2.48. The van der Waals surface area contributed by atoms with Crippen LogP contribution in [0, 0.1) is 11.7 Å². The number of piperidine rings is 1. The van der Waals surface area contributed by atoms with Gasteiger partial charge in [-0.05, 0) is 50.0 Å². The molecule has 94 valence electrons. The number of aromatic nitrogens is 2. The van der Waals surface area contributed by atoms with Crippen molar-refractivity contribution in [3.05, 3.63) is 36.0 Å². The minimum Gasteiger partial charge on any atom is -0.316 e. The zero-order valence-corrected chi connectivity index (χ0v) is 10.2. The van der Waals surface area contributed by atoms with Gasteiger partial charge >= 0.3 is 0 Å². The molecule has 1 atom stereocenters. The normalized spacial score (nSPS) is 20.2. The van der Waals surface area contributed by atoms with Crippen LogP contribution in [0.25, 0.3) is 10.9 Å². The molecule has 3 nitrogen and oxygen atoms in total. The summed E-state index contributed by atoms with van der Waals surface area (Å²) >= 11 is 0. The lowest BCUT2D eigenvalue weighted by molar-refractivity contribution is 0.371. The third-order valence-electron chi connectivity index (χ3n) is 3.46. The van der Waals surface area contributed by atoms with Crippen molar-refractivity contribution in [2.24, 2.45) is 5.92 Å². The van der Waals surface area contributed by atoms with Crippen LogP contribution in [0.15, 0.2) is 24.4 Å². The van der Waals surface area contributed by atoms with Gasteiger partial charge in [0, 0.05) is 18.0 Å². The lowest BCUT2D eigenvalue weighted by Crippen LogP contribution is -2.31. The first-order valence-electron chi connectivity index (χ1n) is 6.43. The minimum absolute atomic E-state index is 0.240. The fourth-order valence-corrected chi connectivity index (χ4v) is 2.50. The highest BCUT2D eigenvalue weighted by Crippen LogP contribution is 2.17. The van der Waals surface area contributed by atoms with Crippen molar-refractivity contribution in [1.82, 2.24) is 15.3 Å². The average Bonchev–Trinajstić information content (AvgIpc) is 2.40. The monoisotopic (exact) mass is 245 g/mol. The van der Waals surface area contributed by atoms with Crippen LogP contribution in [0.1, 0.15) is 18.7 Å². The smallest absolute Gasteiger partial charge is 0.129 e. The van der Waals surface area contributed by atoms with E-state index in [4.69, 9.17) is 0 Å². The number of hydrogen-bond acceptors (Lipinski definition) is 3. The molecule has 0 amide bonds. The van der Waals surface area contributed by atoms with E-state index in [9.17, 15) is 4.39 Å². The maximum absolute atomic E-state index is 13.0. The van der Waals surface area contributed by atoms with Gasteiger partial charge in [0.1, 0.15) is 11.6 Å². The molecule has 1 N–H and O–H groups in total. The first-order chi connectivity index (χ1) is 8.81. The fraction of sp³-hybridized carbons (Fsp3) is 0.429. The van der Waals surface area contributed by atoms with Gasteiger partial charge in [0.05, 0.1) is 5.52 Å². The van der Waals surface area contributed by atoms with Gasteiger partial charge in [-0.1, -0.05) is 0 Å². The SMILES string of the molecule is Fc1ccc2nc(CC3CCCNC3)ncc2c1. The van der Waals surface area contributed by atoms with Gasteiger partial charge in [0.25, 0.3) is 0 Å². The first kappa shape index (κ1) is 11.5. The highest BCUT2D eigenvalue weighted by Gasteiger charge is 2.15. The maximum Gasteiger partial charge on any atom is 0.129 e. The topological polar surface area (TPSA) is 37.8 Å². The third-order valence-corrected chi connectivity index (χ3v) is 3.46.